The van der Waals surface area contributed by atoms with Gasteiger partial charge in [-0.1, -0.05) is 32.9 Å². The first-order chi connectivity index (χ1) is 13.8. The van der Waals surface area contributed by atoms with Crippen LogP contribution in [0.1, 0.15) is 38.3 Å². The number of hydrogen-bond donors (Lipinski definition) is 2. The fourth-order valence-corrected chi connectivity index (χ4v) is 3.30. The molecule has 1 aliphatic heterocycles. The van der Waals surface area contributed by atoms with Gasteiger partial charge in [0.25, 0.3) is 6.43 Å². The molecule has 156 valence electrons. The van der Waals surface area contributed by atoms with E-state index in [1.165, 1.54) is 23.9 Å². The Bertz CT molecular complexity index is 841. The quantitative estimate of drug-likeness (QED) is 0.459. The maximum atomic E-state index is 13.2. The summed E-state index contributed by atoms with van der Waals surface area (Å²) in [7, 11) is 0. The SMILES string of the molecule is CC(C)(C)c1ccc(N=C(NO)N2CCN(c3ncccc3C(F)F)CC2)cc1. The van der Waals surface area contributed by atoms with E-state index in [1.54, 1.807) is 0 Å². The lowest BCUT2D eigenvalue weighted by molar-refractivity contribution is 0.151. The summed E-state index contributed by atoms with van der Waals surface area (Å²) < 4.78 is 26.5. The molecule has 1 saturated heterocycles. The minimum atomic E-state index is -2.57. The molecule has 0 saturated carbocycles. The van der Waals surface area contributed by atoms with E-state index in [4.69, 9.17) is 0 Å². The third kappa shape index (κ3) is 5.00. The van der Waals surface area contributed by atoms with E-state index in [1.807, 2.05) is 34.1 Å². The van der Waals surface area contributed by atoms with Crippen LogP contribution in [0.2, 0.25) is 0 Å². The normalized spacial score (nSPS) is 15.8. The highest BCUT2D eigenvalue weighted by molar-refractivity contribution is 5.82. The molecular weight excluding hydrogens is 376 g/mol. The lowest BCUT2D eigenvalue weighted by Gasteiger charge is -2.37. The van der Waals surface area contributed by atoms with Crippen molar-refractivity contribution in [3.63, 3.8) is 0 Å². The second-order valence-electron chi connectivity index (χ2n) is 8.04. The van der Waals surface area contributed by atoms with Gasteiger partial charge in [0.2, 0.25) is 5.96 Å². The van der Waals surface area contributed by atoms with Gasteiger partial charge < -0.3 is 9.80 Å². The van der Waals surface area contributed by atoms with E-state index >= 15 is 0 Å². The lowest BCUT2D eigenvalue weighted by Crippen LogP contribution is -2.52. The molecule has 0 unspecified atom stereocenters. The van der Waals surface area contributed by atoms with E-state index in [9.17, 15) is 14.0 Å². The first-order valence-corrected chi connectivity index (χ1v) is 9.62. The topological polar surface area (TPSA) is 64.0 Å². The smallest absolute Gasteiger partial charge is 0.267 e. The van der Waals surface area contributed by atoms with Crippen LogP contribution in [-0.2, 0) is 5.41 Å². The van der Waals surface area contributed by atoms with Gasteiger partial charge in [0, 0.05) is 32.4 Å². The van der Waals surface area contributed by atoms with Gasteiger partial charge >= 0.3 is 0 Å². The Hall–Kier alpha value is -2.74. The second-order valence-corrected chi connectivity index (χ2v) is 8.04. The zero-order chi connectivity index (χ0) is 21.0. The van der Waals surface area contributed by atoms with Gasteiger partial charge in [-0.05, 0) is 35.2 Å². The monoisotopic (exact) mass is 403 g/mol. The molecule has 1 aromatic carbocycles. The van der Waals surface area contributed by atoms with Crippen molar-refractivity contribution in [3.05, 3.63) is 53.7 Å². The molecule has 2 N–H and O–H groups in total. The number of alkyl halides is 2. The number of anilines is 1. The summed E-state index contributed by atoms with van der Waals surface area (Å²) in [6.07, 6.45) is -1.04. The molecule has 0 radical (unpaired) electrons. The minimum absolute atomic E-state index is 0.0547. The maximum Gasteiger partial charge on any atom is 0.267 e. The van der Waals surface area contributed by atoms with E-state index in [0.717, 1.165) is 5.69 Å². The Labute approximate surface area is 169 Å². The van der Waals surface area contributed by atoms with E-state index in [-0.39, 0.29) is 11.0 Å². The Morgan fingerprint density at radius 2 is 1.76 bits per heavy atom. The predicted octanol–water partition coefficient (Wildman–Crippen LogP) is 4.11. The van der Waals surface area contributed by atoms with Crippen LogP contribution in [0.5, 0.6) is 0 Å². The van der Waals surface area contributed by atoms with Crippen molar-refractivity contribution in [2.75, 3.05) is 31.1 Å². The molecular formula is C21H27F2N5O. The Balaban J connectivity index is 1.70. The minimum Gasteiger partial charge on any atom is -0.353 e. The predicted molar refractivity (Wildman–Crippen MR) is 110 cm³/mol. The molecule has 0 atom stereocenters. The van der Waals surface area contributed by atoms with E-state index < -0.39 is 6.43 Å². The second kappa shape index (κ2) is 8.73. The number of benzene rings is 1. The molecule has 2 heterocycles. The lowest BCUT2D eigenvalue weighted by atomic mass is 9.87. The van der Waals surface area contributed by atoms with Crippen LogP contribution < -0.4 is 10.4 Å². The molecule has 0 aliphatic carbocycles. The van der Waals surface area contributed by atoms with Crippen LogP contribution in [0.4, 0.5) is 20.3 Å². The molecule has 29 heavy (non-hydrogen) atoms. The summed E-state index contributed by atoms with van der Waals surface area (Å²) in [5.74, 6) is 0.652. The summed E-state index contributed by atoms with van der Waals surface area (Å²) in [4.78, 5) is 12.4. The Morgan fingerprint density at radius 1 is 1.10 bits per heavy atom. The van der Waals surface area contributed by atoms with Crippen molar-refractivity contribution in [3.8, 4) is 0 Å². The van der Waals surface area contributed by atoms with Crippen LogP contribution in [-0.4, -0.2) is 47.2 Å². The van der Waals surface area contributed by atoms with Gasteiger partial charge in [-0.3, -0.25) is 5.21 Å². The van der Waals surface area contributed by atoms with Crippen LogP contribution in [0.25, 0.3) is 0 Å². The third-order valence-electron chi connectivity index (χ3n) is 5.00. The molecule has 1 aromatic heterocycles. The summed E-state index contributed by atoms with van der Waals surface area (Å²) in [6, 6.07) is 10.8. The van der Waals surface area contributed by atoms with Crippen LogP contribution in [0.15, 0.2) is 47.6 Å². The summed E-state index contributed by atoms with van der Waals surface area (Å²) in [5.41, 5.74) is 4.09. The summed E-state index contributed by atoms with van der Waals surface area (Å²) in [5, 5.41) is 9.58. The molecule has 1 aliphatic rings. The zero-order valence-corrected chi connectivity index (χ0v) is 16.9. The van der Waals surface area contributed by atoms with Gasteiger partial charge in [0.1, 0.15) is 5.82 Å². The molecule has 8 heteroatoms. The first-order valence-electron chi connectivity index (χ1n) is 9.62. The van der Waals surface area contributed by atoms with Crippen molar-refractivity contribution in [2.45, 2.75) is 32.6 Å². The number of piperazine rings is 1. The number of hydrogen-bond acceptors (Lipinski definition) is 4. The van der Waals surface area contributed by atoms with Crippen molar-refractivity contribution in [2.24, 2.45) is 4.99 Å². The van der Waals surface area contributed by atoms with Crippen molar-refractivity contribution >= 4 is 17.5 Å². The fraction of sp³-hybridized carbons (Fsp3) is 0.429. The number of nitrogens with zero attached hydrogens (tertiary/aromatic N) is 4. The number of rotatable bonds is 3. The van der Waals surface area contributed by atoms with Gasteiger partial charge in [0.05, 0.1) is 11.3 Å². The third-order valence-corrected chi connectivity index (χ3v) is 5.00. The van der Waals surface area contributed by atoms with Crippen LogP contribution >= 0.6 is 0 Å². The van der Waals surface area contributed by atoms with Gasteiger partial charge in [0.15, 0.2) is 0 Å². The molecule has 1 fully saturated rings. The average molecular weight is 403 g/mol. The summed E-state index contributed by atoms with van der Waals surface area (Å²) >= 11 is 0. The standard InChI is InChI=1S/C21H27F2N5O/c1-21(2,3)15-6-8-16(9-7-15)25-20(26-29)28-13-11-27(12-14-28)19-17(18(22)23)5-4-10-24-19/h4-10,18,29H,11-14H2,1-3H3,(H,25,26). The Morgan fingerprint density at radius 3 is 2.31 bits per heavy atom. The van der Waals surface area contributed by atoms with E-state index in [2.05, 4.69) is 36.2 Å². The molecule has 6 nitrogen and oxygen atoms in total. The molecule has 0 amide bonds. The number of nitrogens with one attached hydrogen (secondary N) is 1. The number of pyridine rings is 1. The van der Waals surface area contributed by atoms with Gasteiger partial charge in [-0.2, -0.15) is 0 Å². The summed E-state index contributed by atoms with van der Waals surface area (Å²) in [6.45, 7) is 8.48. The molecule has 0 spiro atoms. The highest BCUT2D eigenvalue weighted by Gasteiger charge is 2.24. The highest BCUT2D eigenvalue weighted by Crippen LogP contribution is 2.28. The molecule has 3 rings (SSSR count). The number of halogens is 2. The average Bonchev–Trinajstić information content (AvgIpc) is 2.72. The largest absolute Gasteiger partial charge is 0.353 e. The van der Waals surface area contributed by atoms with Crippen molar-refractivity contribution < 1.29 is 14.0 Å². The van der Waals surface area contributed by atoms with Gasteiger partial charge in [-0.15, -0.1) is 0 Å². The van der Waals surface area contributed by atoms with Crippen molar-refractivity contribution in [1.82, 2.24) is 15.4 Å². The number of hydroxylamine groups is 1. The molecule has 2 aromatic rings. The maximum absolute atomic E-state index is 13.2. The molecule has 0 bridgehead atoms. The first kappa shape index (κ1) is 21.0. The van der Waals surface area contributed by atoms with Crippen LogP contribution in [0, 0.1) is 0 Å². The zero-order valence-electron chi connectivity index (χ0n) is 16.9. The highest BCUT2D eigenvalue weighted by atomic mass is 19.3. The van der Waals surface area contributed by atoms with Crippen LogP contribution in [0.3, 0.4) is 0 Å². The van der Waals surface area contributed by atoms with Gasteiger partial charge in [-0.25, -0.2) is 24.2 Å². The number of aliphatic imine (C=N–C) groups is 1. The van der Waals surface area contributed by atoms with Crippen molar-refractivity contribution in [1.29, 1.82) is 0 Å². The number of guanidine groups is 1. The number of aromatic nitrogens is 1. The Kier molecular flexibility index (Phi) is 6.32. The fourth-order valence-electron chi connectivity index (χ4n) is 3.30. The van der Waals surface area contributed by atoms with E-state index in [0.29, 0.717) is 38.0 Å².